The quantitative estimate of drug-likeness (QED) is 0.358. The molecular weight excluding hydrogens is 400 g/mol. The lowest BCUT2D eigenvalue weighted by Crippen LogP contribution is -2.55. The number of aromatic nitrogens is 1. The van der Waals surface area contributed by atoms with Gasteiger partial charge in [0.2, 0.25) is 5.44 Å². The predicted octanol–water partition coefficient (Wildman–Crippen LogP) is 2.76. The lowest BCUT2D eigenvalue weighted by Gasteiger charge is -2.31. The van der Waals surface area contributed by atoms with Crippen molar-refractivity contribution in [3.8, 4) is 30.4 Å². The van der Waals surface area contributed by atoms with Crippen LogP contribution in [0.1, 0.15) is 18.1 Å². The lowest BCUT2D eigenvalue weighted by molar-refractivity contribution is -0.128. The molecule has 158 valence electrons. The molecule has 0 fully saturated rings. The predicted molar refractivity (Wildman–Crippen MR) is 120 cm³/mol. The molecule has 1 amide bonds. The zero-order chi connectivity index (χ0) is 22.1. The molecule has 7 heteroatoms. The molecular formula is C23H26N2O4S. The number of hydrogen-bond acceptors (Lipinski definition) is 6. The number of carbonyl (C=O) groups excluding carboxylic acids is 1. The first-order valence-electron chi connectivity index (χ1n) is 9.24. The van der Waals surface area contributed by atoms with E-state index in [1.807, 2.05) is 32.0 Å². The van der Waals surface area contributed by atoms with E-state index >= 15 is 0 Å². The normalized spacial score (nSPS) is 13.7. The zero-order valence-electron chi connectivity index (χ0n) is 17.7. The molecule has 1 aromatic carbocycles. The summed E-state index contributed by atoms with van der Waals surface area (Å²) in [5.41, 5.74) is 0.934. The van der Waals surface area contributed by atoms with Crippen molar-refractivity contribution in [2.75, 3.05) is 33.2 Å². The topological polar surface area (TPSA) is 69.7 Å². The van der Waals surface area contributed by atoms with Crippen molar-refractivity contribution in [1.29, 1.82) is 0 Å². The van der Waals surface area contributed by atoms with Crippen LogP contribution in [0.5, 0.6) is 5.75 Å². The lowest BCUT2D eigenvalue weighted by atomic mass is 10.1. The number of rotatable bonds is 10. The van der Waals surface area contributed by atoms with E-state index in [-0.39, 0.29) is 25.7 Å². The molecule has 0 aliphatic rings. The SMILES string of the molecule is C#CCOCC(C)(COC)NC(=O)C(Oc1cc(C)c2ncc(C#C)cc2c1)SC. The van der Waals surface area contributed by atoms with Crippen LogP contribution in [0.3, 0.4) is 0 Å². The van der Waals surface area contributed by atoms with Gasteiger partial charge in [0.05, 0.1) is 24.3 Å². The zero-order valence-corrected chi connectivity index (χ0v) is 18.5. The summed E-state index contributed by atoms with van der Waals surface area (Å²) >= 11 is 1.28. The summed E-state index contributed by atoms with van der Waals surface area (Å²) in [7, 11) is 1.56. The van der Waals surface area contributed by atoms with Crippen molar-refractivity contribution in [3.05, 3.63) is 35.5 Å². The van der Waals surface area contributed by atoms with Gasteiger partial charge in [0.1, 0.15) is 12.4 Å². The molecule has 2 rings (SSSR count). The van der Waals surface area contributed by atoms with E-state index in [4.69, 9.17) is 27.1 Å². The minimum atomic E-state index is -0.769. The Morgan fingerprint density at radius 3 is 2.73 bits per heavy atom. The third kappa shape index (κ3) is 6.14. The molecule has 0 saturated heterocycles. The van der Waals surface area contributed by atoms with Crippen molar-refractivity contribution < 1.29 is 19.0 Å². The molecule has 0 bridgehead atoms. The van der Waals surface area contributed by atoms with Gasteiger partial charge in [0.15, 0.2) is 0 Å². The van der Waals surface area contributed by atoms with Crippen LogP contribution < -0.4 is 10.1 Å². The van der Waals surface area contributed by atoms with Gasteiger partial charge < -0.3 is 19.5 Å². The number of carbonyl (C=O) groups is 1. The number of methoxy groups -OCH3 is 1. The van der Waals surface area contributed by atoms with Crippen LogP contribution in [0, 0.1) is 31.6 Å². The second kappa shape index (κ2) is 10.9. The molecule has 6 nitrogen and oxygen atoms in total. The average molecular weight is 427 g/mol. The highest BCUT2D eigenvalue weighted by molar-refractivity contribution is 7.99. The molecule has 0 spiro atoms. The Hall–Kier alpha value is -2.71. The fraction of sp³-hybridized carbons (Fsp3) is 0.391. The summed E-state index contributed by atoms with van der Waals surface area (Å²) in [4.78, 5) is 17.3. The standard InChI is InChI=1S/C23H26N2O4S/c1-7-9-28-15-23(4,14-27-5)25-21(26)22(30-6)29-19-10-16(3)20-18(12-19)11-17(8-2)13-24-20/h1-2,10-13,22H,9,14-15H2,3-6H3,(H,25,26). The number of nitrogens with zero attached hydrogens (tertiary/aromatic N) is 1. The Morgan fingerprint density at radius 1 is 1.33 bits per heavy atom. The minimum absolute atomic E-state index is 0.154. The van der Waals surface area contributed by atoms with Gasteiger partial charge in [-0.1, -0.05) is 11.8 Å². The summed E-state index contributed by atoms with van der Waals surface area (Å²) in [5, 5.41) is 3.81. The fourth-order valence-corrected chi connectivity index (χ4v) is 3.48. The van der Waals surface area contributed by atoms with E-state index in [0.717, 1.165) is 16.5 Å². The number of benzene rings is 1. The number of ether oxygens (including phenoxy) is 3. The highest BCUT2D eigenvalue weighted by Crippen LogP contribution is 2.26. The Morgan fingerprint density at radius 2 is 2.10 bits per heavy atom. The van der Waals surface area contributed by atoms with Gasteiger partial charge in [-0.15, -0.1) is 24.6 Å². The number of thioether (sulfide) groups is 1. The van der Waals surface area contributed by atoms with Crippen LogP contribution in [0.25, 0.3) is 10.9 Å². The molecule has 1 aromatic heterocycles. The molecule has 0 aliphatic heterocycles. The first kappa shape index (κ1) is 23.6. The summed E-state index contributed by atoms with van der Waals surface area (Å²) < 4.78 is 16.7. The van der Waals surface area contributed by atoms with Gasteiger partial charge >= 0.3 is 0 Å². The van der Waals surface area contributed by atoms with Gasteiger partial charge in [-0.3, -0.25) is 9.78 Å². The van der Waals surface area contributed by atoms with E-state index in [1.54, 1.807) is 19.6 Å². The molecule has 2 atom stereocenters. The van der Waals surface area contributed by atoms with Crippen molar-refractivity contribution in [3.63, 3.8) is 0 Å². The number of amides is 1. The third-order valence-corrected chi connectivity index (χ3v) is 5.02. The largest absolute Gasteiger partial charge is 0.470 e. The Labute approximate surface area is 182 Å². The monoisotopic (exact) mass is 426 g/mol. The summed E-state index contributed by atoms with van der Waals surface area (Å²) in [6.07, 6.45) is 14.2. The van der Waals surface area contributed by atoms with Gasteiger partial charge in [-0.2, -0.15) is 0 Å². The third-order valence-electron chi connectivity index (χ3n) is 4.28. The fourth-order valence-electron chi connectivity index (χ4n) is 3.00. The maximum Gasteiger partial charge on any atom is 0.272 e. The summed E-state index contributed by atoms with van der Waals surface area (Å²) in [5.74, 6) is 5.25. The number of hydrogen-bond donors (Lipinski definition) is 1. The highest BCUT2D eigenvalue weighted by Gasteiger charge is 2.31. The maximum atomic E-state index is 12.9. The molecule has 2 aromatic rings. The summed E-state index contributed by atoms with van der Waals surface area (Å²) in [6.45, 7) is 4.40. The van der Waals surface area contributed by atoms with E-state index in [9.17, 15) is 4.79 Å². The van der Waals surface area contributed by atoms with Crippen LogP contribution in [0.15, 0.2) is 24.4 Å². The number of pyridine rings is 1. The van der Waals surface area contributed by atoms with E-state index in [2.05, 4.69) is 22.1 Å². The van der Waals surface area contributed by atoms with Crippen LogP contribution >= 0.6 is 11.8 Å². The summed E-state index contributed by atoms with van der Waals surface area (Å²) in [6, 6.07) is 5.55. The van der Waals surface area contributed by atoms with Crippen LogP contribution in [0.2, 0.25) is 0 Å². The van der Waals surface area contributed by atoms with Crippen molar-refractivity contribution >= 4 is 28.6 Å². The van der Waals surface area contributed by atoms with Crippen molar-refractivity contribution in [1.82, 2.24) is 10.3 Å². The molecule has 0 radical (unpaired) electrons. The number of fused-ring (bicyclic) bond motifs is 1. The smallest absolute Gasteiger partial charge is 0.272 e. The van der Waals surface area contributed by atoms with Crippen molar-refractivity contribution in [2.24, 2.45) is 0 Å². The molecule has 0 aliphatic carbocycles. The van der Waals surface area contributed by atoms with Crippen molar-refractivity contribution in [2.45, 2.75) is 24.8 Å². The first-order valence-corrected chi connectivity index (χ1v) is 10.5. The molecule has 2 unspecified atom stereocenters. The second-order valence-electron chi connectivity index (χ2n) is 7.05. The molecule has 30 heavy (non-hydrogen) atoms. The molecule has 0 saturated carbocycles. The van der Waals surface area contributed by atoms with Crippen LogP contribution in [0.4, 0.5) is 0 Å². The van der Waals surface area contributed by atoms with Gasteiger partial charge in [-0.25, -0.2) is 0 Å². The Balaban J connectivity index is 2.20. The highest BCUT2D eigenvalue weighted by atomic mass is 32.2. The average Bonchev–Trinajstić information content (AvgIpc) is 2.71. The Bertz CT molecular complexity index is 980. The number of aryl methyl sites for hydroxylation is 1. The number of terminal acetylenes is 2. The second-order valence-corrected chi connectivity index (χ2v) is 7.95. The van der Waals surface area contributed by atoms with Gasteiger partial charge in [-0.05, 0) is 43.9 Å². The van der Waals surface area contributed by atoms with E-state index in [1.165, 1.54) is 11.8 Å². The van der Waals surface area contributed by atoms with Gasteiger partial charge in [0, 0.05) is 24.3 Å². The molecule has 1 heterocycles. The van der Waals surface area contributed by atoms with E-state index in [0.29, 0.717) is 11.3 Å². The molecule has 1 N–H and O–H groups in total. The van der Waals surface area contributed by atoms with E-state index < -0.39 is 11.0 Å². The van der Waals surface area contributed by atoms with Crippen LogP contribution in [-0.2, 0) is 14.3 Å². The van der Waals surface area contributed by atoms with Crippen LogP contribution in [-0.4, -0.2) is 55.1 Å². The first-order chi connectivity index (χ1) is 14.4. The Kier molecular flexibility index (Phi) is 8.56. The minimum Gasteiger partial charge on any atom is -0.470 e. The number of nitrogens with one attached hydrogen (secondary N) is 1. The van der Waals surface area contributed by atoms with Gasteiger partial charge in [0.25, 0.3) is 5.91 Å². The maximum absolute atomic E-state index is 12.9.